The summed E-state index contributed by atoms with van der Waals surface area (Å²) in [6.07, 6.45) is 0. The second-order valence-corrected chi connectivity index (χ2v) is 4.26. The number of rotatable bonds is 5. The summed E-state index contributed by atoms with van der Waals surface area (Å²) in [4.78, 5) is 22.7. The van der Waals surface area contributed by atoms with Crippen LogP contribution >= 0.6 is 0 Å². The molecule has 0 fully saturated rings. The quantitative estimate of drug-likeness (QED) is 0.729. The van der Waals surface area contributed by atoms with Gasteiger partial charge in [0, 0.05) is 31.3 Å². The lowest BCUT2D eigenvalue weighted by Gasteiger charge is -2.10. The molecule has 2 amide bonds. The summed E-state index contributed by atoms with van der Waals surface area (Å²) in [6, 6.07) is 6.70. The molecule has 5 nitrogen and oxygen atoms in total. The van der Waals surface area contributed by atoms with Crippen molar-refractivity contribution < 1.29 is 14.7 Å². The molecule has 0 aromatic heterocycles. The first-order chi connectivity index (χ1) is 8.52. The van der Waals surface area contributed by atoms with E-state index in [1.54, 1.807) is 24.3 Å². The Labute approximate surface area is 106 Å². The van der Waals surface area contributed by atoms with E-state index in [0.29, 0.717) is 17.8 Å². The number of hydrogen-bond acceptors (Lipinski definition) is 3. The fourth-order valence-electron chi connectivity index (χ4n) is 1.37. The fraction of sp³-hybridized carbons (Fsp3) is 0.385. The molecule has 0 aliphatic heterocycles. The van der Waals surface area contributed by atoms with E-state index in [9.17, 15) is 9.59 Å². The normalized spacial score (nSPS) is 11.7. The molecule has 5 heteroatoms. The van der Waals surface area contributed by atoms with E-state index in [2.05, 4.69) is 10.6 Å². The van der Waals surface area contributed by atoms with E-state index in [1.807, 2.05) is 6.92 Å². The summed E-state index contributed by atoms with van der Waals surface area (Å²) in [5.41, 5.74) is 1.07. The van der Waals surface area contributed by atoms with Crippen molar-refractivity contribution in [3.63, 3.8) is 0 Å². The van der Waals surface area contributed by atoms with Gasteiger partial charge in [-0.2, -0.15) is 0 Å². The number of hydrogen-bond donors (Lipinski definition) is 3. The smallest absolute Gasteiger partial charge is 0.251 e. The van der Waals surface area contributed by atoms with Crippen LogP contribution in [0.1, 0.15) is 24.2 Å². The van der Waals surface area contributed by atoms with Gasteiger partial charge in [0.25, 0.3) is 5.91 Å². The zero-order valence-electron chi connectivity index (χ0n) is 10.6. The lowest BCUT2D eigenvalue weighted by atomic mass is 10.1. The molecule has 18 heavy (non-hydrogen) atoms. The van der Waals surface area contributed by atoms with Gasteiger partial charge in [-0.15, -0.1) is 0 Å². The molecule has 1 aromatic carbocycles. The maximum atomic E-state index is 11.8. The number of benzene rings is 1. The Morgan fingerprint density at radius 2 is 2.11 bits per heavy atom. The second kappa shape index (κ2) is 6.76. The minimum Gasteiger partial charge on any atom is -0.396 e. The van der Waals surface area contributed by atoms with E-state index in [1.165, 1.54) is 6.92 Å². The zero-order valence-corrected chi connectivity index (χ0v) is 10.6. The van der Waals surface area contributed by atoms with Gasteiger partial charge in [-0.1, -0.05) is 13.0 Å². The molecule has 0 saturated heterocycles. The molecule has 98 valence electrons. The van der Waals surface area contributed by atoms with Crippen molar-refractivity contribution in [1.82, 2.24) is 5.32 Å². The third-order valence-corrected chi connectivity index (χ3v) is 2.37. The van der Waals surface area contributed by atoms with Crippen molar-refractivity contribution in [3.05, 3.63) is 29.8 Å². The fourth-order valence-corrected chi connectivity index (χ4v) is 1.37. The van der Waals surface area contributed by atoms with E-state index >= 15 is 0 Å². The number of nitrogens with one attached hydrogen (secondary N) is 2. The number of carbonyl (C=O) groups is 2. The highest BCUT2D eigenvalue weighted by Gasteiger charge is 2.08. The predicted octanol–water partition coefficient (Wildman–Crippen LogP) is 1.00. The molecular formula is C13H18N2O3. The van der Waals surface area contributed by atoms with Crippen molar-refractivity contribution in [2.45, 2.75) is 13.8 Å². The first-order valence-corrected chi connectivity index (χ1v) is 5.79. The SMILES string of the molecule is CC(=O)Nc1cccc(C(=O)NCC(C)CO)c1. The van der Waals surface area contributed by atoms with Crippen LogP contribution in [0.3, 0.4) is 0 Å². The van der Waals surface area contributed by atoms with Gasteiger partial charge in [-0.25, -0.2) is 0 Å². The number of aliphatic hydroxyl groups excluding tert-OH is 1. The van der Waals surface area contributed by atoms with E-state index in [4.69, 9.17) is 5.11 Å². The Balaban J connectivity index is 2.65. The van der Waals surface area contributed by atoms with Crippen LogP contribution < -0.4 is 10.6 Å². The Hall–Kier alpha value is -1.88. The Morgan fingerprint density at radius 1 is 1.39 bits per heavy atom. The minimum absolute atomic E-state index is 0.0208. The van der Waals surface area contributed by atoms with Crippen molar-refractivity contribution >= 4 is 17.5 Å². The Kier molecular flexibility index (Phi) is 5.32. The van der Waals surface area contributed by atoms with Gasteiger partial charge in [0.2, 0.25) is 5.91 Å². The molecule has 1 atom stereocenters. The molecule has 0 bridgehead atoms. The topological polar surface area (TPSA) is 78.4 Å². The van der Waals surface area contributed by atoms with Gasteiger partial charge < -0.3 is 15.7 Å². The van der Waals surface area contributed by atoms with Crippen LogP contribution in [-0.4, -0.2) is 30.1 Å². The summed E-state index contributed by atoms with van der Waals surface area (Å²) in [5, 5.41) is 14.2. The van der Waals surface area contributed by atoms with Gasteiger partial charge >= 0.3 is 0 Å². The Bertz CT molecular complexity index is 432. The summed E-state index contributed by atoms with van der Waals surface area (Å²) in [6.45, 7) is 3.70. The molecule has 1 rings (SSSR count). The molecule has 3 N–H and O–H groups in total. The zero-order chi connectivity index (χ0) is 13.5. The lowest BCUT2D eigenvalue weighted by Crippen LogP contribution is -2.29. The average Bonchev–Trinajstić information content (AvgIpc) is 2.35. The molecular weight excluding hydrogens is 232 g/mol. The average molecular weight is 250 g/mol. The highest BCUT2D eigenvalue weighted by atomic mass is 16.3. The number of aliphatic hydroxyl groups is 1. The molecule has 0 heterocycles. The van der Waals surface area contributed by atoms with Crippen molar-refractivity contribution in [2.75, 3.05) is 18.5 Å². The molecule has 0 radical (unpaired) electrons. The molecule has 1 unspecified atom stereocenters. The first kappa shape index (κ1) is 14.2. The predicted molar refractivity (Wildman–Crippen MR) is 69.3 cm³/mol. The van der Waals surface area contributed by atoms with Crippen molar-refractivity contribution in [1.29, 1.82) is 0 Å². The van der Waals surface area contributed by atoms with E-state index < -0.39 is 0 Å². The molecule has 0 aliphatic rings. The lowest BCUT2D eigenvalue weighted by molar-refractivity contribution is -0.114. The van der Waals surface area contributed by atoms with Gasteiger partial charge in [0.05, 0.1) is 0 Å². The summed E-state index contributed by atoms with van der Waals surface area (Å²) >= 11 is 0. The maximum Gasteiger partial charge on any atom is 0.251 e. The van der Waals surface area contributed by atoms with Crippen LogP contribution in [-0.2, 0) is 4.79 Å². The first-order valence-electron chi connectivity index (χ1n) is 5.79. The molecule has 0 saturated carbocycles. The highest BCUT2D eigenvalue weighted by molar-refractivity contribution is 5.96. The van der Waals surface area contributed by atoms with Crippen LogP contribution in [0.15, 0.2) is 24.3 Å². The summed E-state index contributed by atoms with van der Waals surface area (Å²) < 4.78 is 0. The number of anilines is 1. The second-order valence-electron chi connectivity index (χ2n) is 4.26. The van der Waals surface area contributed by atoms with Gasteiger partial charge in [-0.05, 0) is 24.1 Å². The standard InChI is InChI=1S/C13H18N2O3/c1-9(8-16)7-14-13(18)11-4-3-5-12(6-11)15-10(2)17/h3-6,9,16H,7-8H2,1-2H3,(H,14,18)(H,15,17). The van der Waals surface area contributed by atoms with Gasteiger partial charge in [-0.3, -0.25) is 9.59 Å². The summed E-state index contributed by atoms with van der Waals surface area (Å²) in [5.74, 6) is -0.378. The third kappa shape index (κ3) is 4.55. The van der Waals surface area contributed by atoms with Gasteiger partial charge in [0.1, 0.15) is 0 Å². The maximum absolute atomic E-state index is 11.8. The van der Waals surface area contributed by atoms with Crippen LogP contribution in [0.25, 0.3) is 0 Å². The van der Waals surface area contributed by atoms with Crippen LogP contribution in [0.5, 0.6) is 0 Å². The molecule has 0 spiro atoms. The highest BCUT2D eigenvalue weighted by Crippen LogP contribution is 2.10. The third-order valence-electron chi connectivity index (χ3n) is 2.37. The summed E-state index contributed by atoms with van der Waals surface area (Å²) in [7, 11) is 0. The van der Waals surface area contributed by atoms with E-state index in [0.717, 1.165) is 0 Å². The van der Waals surface area contributed by atoms with Crippen LogP contribution in [0.2, 0.25) is 0 Å². The van der Waals surface area contributed by atoms with Crippen molar-refractivity contribution in [2.24, 2.45) is 5.92 Å². The monoisotopic (exact) mass is 250 g/mol. The Morgan fingerprint density at radius 3 is 2.72 bits per heavy atom. The van der Waals surface area contributed by atoms with Crippen LogP contribution in [0.4, 0.5) is 5.69 Å². The molecule has 1 aromatic rings. The minimum atomic E-state index is -0.220. The molecule has 0 aliphatic carbocycles. The number of amides is 2. The van der Waals surface area contributed by atoms with Crippen LogP contribution in [0, 0.1) is 5.92 Å². The van der Waals surface area contributed by atoms with E-state index in [-0.39, 0.29) is 24.3 Å². The van der Waals surface area contributed by atoms with Gasteiger partial charge in [0.15, 0.2) is 0 Å². The largest absolute Gasteiger partial charge is 0.396 e. The van der Waals surface area contributed by atoms with Crippen molar-refractivity contribution in [3.8, 4) is 0 Å². The number of carbonyl (C=O) groups excluding carboxylic acids is 2.